The van der Waals surface area contributed by atoms with E-state index in [1.54, 1.807) is 31.4 Å². The van der Waals surface area contributed by atoms with E-state index in [9.17, 15) is 9.59 Å². The zero-order valence-electron chi connectivity index (χ0n) is 13.0. The van der Waals surface area contributed by atoms with Crippen LogP contribution in [0.3, 0.4) is 0 Å². The lowest BCUT2D eigenvalue weighted by atomic mass is 10.2. The first-order chi connectivity index (χ1) is 10.6. The van der Waals surface area contributed by atoms with Crippen molar-refractivity contribution in [2.45, 2.75) is 13.3 Å². The summed E-state index contributed by atoms with van der Waals surface area (Å²) in [6.07, 6.45) is 3.74. The molecule has 1 aromatic carbocycles. The minimum Gasteiger partial charge on any atom is -0.493 e. The molecule has 0 spiro atoms. The van der Waals surface area contributed by atoms with Crippen molar-refractivity contribution in [3.8, 4) is 11.5 Å². The number of carbonyl (C=O) groups is 2. The van der Waals surface area contributed by atoms with Crippen LogP contribution in [0, 0.1) is 0 Å². The maximum absolute atomic E-state index is 11.5. The SMILES string of the molecule is CCCOc1ccc(/C=C/C(=O)OCC(=O)NC)cc1OC. The average Bonchev–Trinajstić information content (AvgIpc) is 2.55. The number of esters is 1. The van der Waals surface area contributed by atoms with Gasteiger partial charge in [-0.3, -0.25) is 4.79 Å². The normalized spacial score (nSPS) is 10.3. The molecule has 0 aliphatic heterocycles. The highest BCUT2D eigenvalue weighted by Crippen LogP contribution is 2.28. The van der Waals surface area contributed by atoms with Crippen LogP contribution in [0.2, 0.25) is 0 Å². The number of amides is 1. The molecule has 120 valence electrons. The molecule has 0 bridgehead atoms. The molecule has 0 atom stereocenters. The van der Waals surface area contributed by atoms with Gasteiger partial charge in [0.1, 0.15) is 0 Å². The molecular formula is C16H21NO5. The maximum atomic E-state index is 11.5. The van der Waals surface area contributed by atoms with Crippen molar-refractivity contribution in [2.24, 2.45) is 0 Å². The summed E-state index contributed by atoms with van der Waals surface area (Å²) in [4.78, 5) is 22.4. The molecule has 6 heteroatoms. The predicted octanol–water partition coefficient (Wildman–Crippen LogP) is 1.79. The number of rotatable bonds is 8. The van der Waals surface area contributed by atoms with E-state index in [1.807, 2.05) is 6.92 Å². The molecule has 0 saturated carbocycles. The Morgan fingerprint density at radius 2 is 2.05 bits per heavy atom. The molecule has 22 heavy (non-hydrogen) atoms. The Labute approximate surface area is 130 Å². The number of hydrogen-bond donors (Lipinski definition) is 1. The van der Waals surface area contributed by atoms with E-state index in [0.717, 1.165) is 12.0 Å². The van der Waals surface area contributed by atoms with E-state index >= 15 is 0 Å². The third-order valence-electron chi connectivity index (χ3n) is 2.69. The smallest absolute Gasteiger partial charge is 0.331 e. The van der Waals surface area contributed by atoms with Crippen molar-refractivity contribution in [3.63, 3.8) is 0 Å². The molecule has 0 fully saturated rings. The van der Waals surface area contributed by atoms with Crippen LogP contribution in [0.15, 0.2) is 24.3 Å². The Hall–Kier alpha value is -2.50. The first-order valence-corrected chi connectivity index (χ1v) is 6.97. The molecule has 1 rings (SSSR count). The lowest BCUT2D eigenvalue weighted by Crippen LogP contribution is -2.24. The summed E-state index contributed by atoms with van der Waals surface area (Å²) in [5, 5.41) is 2.36. The van der Waals surface area contributed by atoms with Crippen LogP contribution in [-0.4, -0.2) is 39.2 Å². The van der Waals surface area contributed by atoms with Crippen molar-refractivity contribution in [2.75, 3.05) is 27.4 Å². The van der Waals surface area contributed by atoms with Crippen LogP contribution in [0.1, 0.15) is 18.9 Å². The summed E-state index contributed by atoms with van der Waals surface area (Å²) in [6, 6.07) is 5.34. The van der Waals surface area contributed by atoms with Gasteiger partial charge in [-0.15, -0.1) is 0 Å². The Morgan fingerprint density at radius 3 is 2.68 bits per heavy atom. The highest BCUT2D eigenvalue weighted by molar-refractivity contribution is 5.89. The van der Waals surface area contributed by atoms with Gasteiger partial charge in [0.05, 0.1) is 13.7 Å². The molecule has 1 amide bonds. The third kappa shape index (κ3) is 5.87. The Bertz CT molecular complexity index is 539. The van der Waals surface area contributed by atoms with Crippen LogP contribution in [0.4, 0.5) is 0 Å². The average molecular weight is 307 g/mol. The van der Waals surface area contributed by atoms with Crippen LogP contribution >= 0.6 is 0 Å². The van der Waals surface area contributed by atoms with Crippen LogP contribution in [0.25, 0.3) is 6.08 Å². The Balaban J connectivity index is 2.66. The molecule has 0 radical (unpaired) electrons. The van der Waals surface area contributed by atoms with E-state index in [1.165, 1.54) is 13.1 Å². The van der Waals surface area contributed by atoms with Crippen molar-refractivity contribution in [1.82, 2.24) is 5.32 Å². The number of ether oxygens (including phenoxy) is 3. The lowest BCUT2D eigenvalue weighted by Gasteiger charge is -2.10. The summed E-state index contributed by atoms with van der Waals surface area (Å²) < 4.78 is 15.6. The summed E-state index contributed by atoms with van der Waals surface area (Å²) in [5.41, 5.74) is 0.762. The molecule has 1 aromatic rings. The predicted molar refractivity (Wildman–Crippen MR) is 82.8 cm³/mol. The summed E-state index contributed by atoms with van der Waals surface area (Å²) in [5.74, 6) is 0.299. The van der Waals surface area contributed by atoms with E-state index < -0.39 is 5.97 Å². The molecule has 0 saturated heterocycles. The fourth-order valence-corrected chi connectivity index (χ4v) is 1.54. The van der Waals surface area contributed by atoms with Crippen molar-refractivity contribution in [3.05, 3.63) is 29.8 Å². The van der Waals surface area contributed by atoms with Gasteiger partial charge in [0.15, 0.2) is 18.1 Å². The summed E-state index contributed by atoms with van der Waals surface area (Å²) >= 11 is 0. The quantitative estimate of drug-likeness (QED) is 0.585. The zero-order valence-corrected chi connectivity index (χ0v) is 13.0. The first-order valence-electron chi connectivity index (χ1n) is 6.97. The number of benzene rings is 1. The minimum absolute atomic E-state index is 0.299. The zero-order chi connectivity index (χ0) is 16.4. The first kappa shape index (κ1) is 17.6. The molecular weight excluding hydrogens is 286 g/mol. The monoisotopic (exact) mass is 307 g/mol. The number of hydrogen-bond acceptors (Lipinski definition) is 5. The van der Waals surface area contributed by atoms with Gasteiger partial charge in [-0.2, -0.15) is 0 Å². The number of nitrogens with one attached hydrogen (secondary N) is 1. The molecule has 1 N–H and O–H groups in total. The second kappa shape index (κ2) is 9.44. The summed E-state index contributed by atoms with van der Waals surface area (Å²) in [7, 11) is 3.03. The van der Waals surface area contributed by atoms with Gasteiger partial charge in [-0.05, 0) is 30.2 Å². The topological polar surface area (TPSA) is 73.9 Å². The van der Waals surface area contributed by atoms with E-state index in [0.29, 0.717) is 18.1 Å². The second-order valence-electron chi connectivity index (χ2n) is 4.37. The number of methoxy groups -OCH3 is 1. The van der Waals surface area contributed by atoms with Crippen molar-refractivity contribution in [1.29, 1.82) is 0 Å². The van der Waals surface area contributed by atoms with Crippen LogP contribution in [-0.2, 0) is 14.3 Å². The van der Waals surface area contributed by atoms with Gasteiger partial charge in [0, 0.05) is 13.1 Å². The van der Waals surface area contributed by atoms with Gasteiger partial charge >= 0.3 is 5.97 Å². The Morgan fingerprint density at radius 1 is 1.27 bits per heavy atom. The molecule has 6 nitrogen and oxygen atoms in total. The molecule has 0 aromatic heterocycles. The Kier molecular flexibility index (Phi) is 7.53. The minimum atomic E-state index is -0.589. The molecule has 0 unspecified atom stereocenters. The fourth-order valence-electron chi connectivity index (χ4n) is 1.54. The second-order valence-corrected chi connectivity index (χ2v) is 4.37. The van der Waals surface area contributed by atoms with Gasteiger partial charge in [0.2, 0.25) is 0 Å². The third-order valence-corrected chi connectivity index (χ3v) is 2.69. The van der Waals surface area contributed by atoms with Gasteiger partial charge in [-0.1, -0.05) is 13.0 Å². The standard InChI is InChI=1S/C16H21NO5/c1-4-9-21-13-7-5-12(10-14(13)20-3)6-8-16(19)22-11-15(18)17-2/h5-8,10H,4,9,11H2,1-3H3,(H,17,18)/b8-6+. The fraction of sp³-hybridized carbons (Fsp3) is 0.375. The van der Waals surface area contributed by atoms with Crippen LogP contribution in [0.5, 0.6) is 11.5 Å². The molecule has 0 heterocycles. The van der Waals surface area contributed by atoms with E-state index in [-0.39, 0.29) is 12.5 Å². The molecule has 0 aliphatic rings. The lowest BCUT2D eigenvalue weighted by molar-refractivity contribution is -0.143. The maximum Gasteiger partial charge on any atom is 0.331 e. The number of likely N-dealkylation sites (N-methyl/N-ethyl adjacent to an activating group) is 1. The highest BCUT2D eigenvalue weighted by Gasteiger charge is 2.05. The largest absolute Gasteiger partial charge is 0.493 e. The van der Waals surface area contributed by atoms with Crippen LogP contribution < -0.4 is 14.8 Å². The van der Waals surface area contributed by atoms with Gasteiger partial charge in [0.25, 0.3) is 5.91 Å². The van der Waals surface area contributed by atoms with E-state index in [4.69, 9.17) is 14.2 Å². The van der Waals surface area contributed by atoms with Gasteiger partial charge in [-0.25, -0.2) is 4.79 Å². The summed E-state index contributed by atoms with van der Waals surface area (Å²) in [6.45, 7) is 2.33. The van der Waals surface area contributed by atoms with E-state index in [2.05, 4.69) is 5.32 Å². The molecule has 0 aliphatic carbocycles. The van der Waals surface area contributed by atoms with Crippen molar-refractivity contribution >= 4 is 18.0 Å². The van der Waals surface area contributed by atoms with Gasteiger partial charge < -0.3 is 19.5 Å². The van der Waals surface area contributed by atoms with Crippen molar-refractivity contribution < 1.29 is 23.8 Å². The number of carbonyl (C=O) groups excluding carboxylic acids is 2. The highest BCUT2D eigenvalue weighted by atomic mass is 16.5.